The zero-order chi connectivity index (χ0) is 21.1. The van der Waals surface area contributed by atoms with Crippen molar-refractivity contribution in [2.24, 2.45) is 5.92 Å². The third kappa shape index (κ3) is 4.19. The molecule has 0 N–H and O–H groups in total. The summed E-state index contributed by atoms with van der Waals surface area (Å²) in [7, 11) is -1.85. The highest BCUT2D eigenvalue weighted by atomic mass is 32.2. The fraction of sp³-hybridized carbons (Fsp3) is 0.476. The predicted octanol–water partition coefficient (Wildman–Crippen LogP) is 2.51. The van der Waals surface area contributed by atoms with Crippen molar-refractivity contribution >= 4 is 33.0 Å². The van der Waals surface area contributed by atoms with Gasteiger partial charge in [-0.05, 0) is 36.4 Å². The molecule has 1 atom stereocenters. The molecule has 7 nitrogen and oxygen atoms in total. The van der Waals surface area contributed by atoms with Gasteiger partial charge in [-0.15, -0.1) is 11.3 Å². The number of ether oxygens (including phenoxy) is 1. The molecule has 2 saturated heterocycles. The minimum absolute atomic E-state index is 0.0701. The van der Waals surface area contributed by atoms with E-state index in [1.165, 1.54) is 15.6 Å². The Balaban J connectivity index is 1.38. The van der Waals surface area contributed by atoms with E-state index in [4.69, 9.17) is 4.74 Å². The van der Waals surface area contributed by atoms with Crippen molar-refractivity contribution in [3.63, 3.8) is 0 Å². The Morgan fingerprint density at radius 3 is 2.53 bits per heavy atom. The molecule has 0 saturated carbocycles. The number of hydrogen-bond acceptors (Lipinski definition) is 6. The van der Waals surface area contributed by atoms with E-state index in [0.29, 0.717) is 30.3 Å². The molecule has 1 aromatic carbocycles. The molecule has 0 radical (unpaired) electrons. The Morgan fingerprint density at radius 2 is 1.83 bits per heavy atom. The van der Waals surface area contributed by atoms with Gasteiger partial charge in [-0.2, -0.15) is 4.31 Å². The molecule has 3 heterocycles. The number of thiophene rings is 1. The summed E-state index contributed by atoms with van der Waals surface area (Å²) in [4.78, 5) is 17.3. The molecule has 2 aliphatic heterocycles. The van der Waals surface area contributed by atoms with Crippen LogP contribution in [0.15, 0.2) is 46.0 Å². The normalized spacial score (nSPS) is 20.9. The molecular weight excluding hydrogens is 422 g/mol. The van der Waals surface area contributed by atoms with Gasteiger partial charge in [0.25, 0.3) is 10.0 Å². The summed E-state index contributed by atoms with van der Waals surface area (Å²) in [6, 6.07) is 11.3. The summed E-state index contributed by atoms with van der Waals surface area (Å²) >= 11 is 1.22. The summed E-state index contributed by atoms with van der Waals surface area (Å²) in [6.45, 7) is 3.47. The third-order valence-corrected chi connectivity index (χ3v) is 9.08. The summed E-state index contributed by atoms with van der Waals surface area (Å²) in [5.74, 6) is 0.631. The highest BCUT2D eigenvalue weighted by Crippen LogP contribution is 2.30. The number of piperidine rings is 1. The van der Waals surface area contributed by atoms with Crippen LogP contribution in [0.4, 0.5) is 5.69 Å². The van der Waals surface area contributed by atoms with E-state index < -0.39 is 10.0 Å². The van der Waals surface area contributed by atoms with E-state index in [1.54, 1.807) is 24.6 Å². The van der Waals surface area contributed by atoms with Crippen LogP contribution in [-0.4, -0.2) is 69.9 Å². The maximum absolute atomic E-state index is 13.1. The number of amides is 1. The molecule has 1 amide bonds. The lowest BCUT2D eigenvalue weighted by atomic mass is 9.97. The van der Waals surface area contributed by atoms with Crippen molar-refractivity contribution in [2.75, 3.05) is 51.3 Å². The molecule has 162 valence electrons. The Hall–Kier alpha value is -2.10. The highest BCUT2D eigenvalue weighted by Gasteiger charge is 2.36. The zero-order valence-electron chi connectivity index (χ0n) is 17.1. The van der Waals surface area contributed by atoms with Crippen LogP contribution < -0.4 is 9.64 Å². The minimum atomic E-state index is -3.51. The molecule has 1 aromatic heterocycles. The van der Waals surface area contributed by atoms with Crippen molar-refractivity contribution in [1.29, 1.82) is 0 Å². The van der Waals surface area contributed by atoms with E-state index in [1.807, 2.05) is 29.2 Å². The van der Waals surface area contributed by atoms with E-state index >= 15 is 0 Å². The lowest BCUT2D eigenvalue weighted by Crippen LogP contribution is -2.53. The van der Waals surface area contributed by atoms with E-state index in [-0.39, 0.29) is 18.4 Å². The van der Waals surface area contributed by atoms with Crippen molar-refractivity contribution in [3.8, 4) is 5.75 Å². The van der Waals surface area contributed by atoms with Gasteiger partial charge in [-0.25, -0.2) is 8.42 Å². The molecule has 1 unspecified atom stereocenters. The maximum Gasteiger partial charge on any atom is 0.252 e. The summed E-state index contributed by atoms with van der Waals surface area (Å²) in [6.07, 6.45) is 1.45. The van der Waals surface area contributed by atoms with Crippen LogP contribution in [0, 0.1) is 5.92 Å². The number of anilines is 1. The van der Waals surface area contributed by atoms with Gasteiger partial charge < -0.3 is 14.5 Å². The second-order valence-electron chi connectivity index (χ2n) is 7.62. The lowest BCUT2D eigenvalue weighted by Gasteiger charge is -2.39. The quantitative estimate of drug-likeness (QED) is 0.702. The number of piperazine rings is 1. The molecule has 2 aromatic rings. The molecule has 0 bridgehead atoms. The highest BCUT2D eigenvalue weighted by molar-refractivity contribution is 7.91. The lowest BCUT2D eigenvalue weighted by molar-refractivity contribution is -0.137. The summed E-state index contributed by atoms with van der Waals surface area (Å²) in [5, 5.41) is 1.76. The zero-order valence-corrected chi connectivity index (χ0v) is 18.7. The molecular formula is C21H27N3O4S2. The molecule has 0 spiro atoms. The summed E-state index contributed by atoms with van der Waals surface area (Å²) < 4.78 is 33.0. The van der Waals surface area contributed by atoms with Crippen LogP contribution in [0.5, 0.6) is 5.75 Å². The number of carbonyl (C=O) groups excluding carboxylic acids is 1. The number of hydrogen-bond donors (Lipinski definition) is 0. The average molecular weight is 450 g/mol. The standard InChI is InChI=1S/C21H27N3O4S2/c1-28-19-8-3-2-7-18(19)22-11-13-23(14-12-22)21(25)17-6-4-10-24(16-17)30(26,27)20-9-5-15-29-20/h2-3,5,7-9,15,17H,4,6,10-14,16H2,1H3. The average Bonchev–Trinajstić information content (AvgIpc) is 3.35. The van der Waals surface area contributed by atoms with E-state index in [0.717, 1.165) is 30.9 Å². The first-order valence-corrected chi connectivity index (χ1v) is 12.5. The van der Waals surface area contributed by atoms with Gasteiger partial charge in [-0.1, -0.05) is 18.2 Å². The number of rotatable bonds is 5. The Kier molecular flexibility index (Phi) is 6.31. The van der Waals surface area contributed by atoms with Crippen LogP contribution in [0.3, 0.4) is 0 Å². The largest absolute Gasteiger partial charge is 0.495 e. The molecule has 9 heteroatoms. The van der Waals surface area contributed by atoms with Crippen LogP contribution in [0.2, 0.25) is 0 Å². The van der Waals surface area contributed by atoms with Crippen LogP contribution in [0.1, 0.15) is 12.8 Å². The maximum atomic E-state index is 13.1. The molecule has 0 aliphatic carbocycles. The number of sulfonamides is 1. The van der Waals surface area contributed by atoms with Gasteiger partial charge in [0.15, 0.2) is 0 Å². The second kappa shape index (κ2) is 8.95. The van der Waals surface area contributed by atoms with Crippen molar-refractivity contribution in [2.45, 2.75) is 17.1 Å². The second-order valence-corrected chi connectivity index (χ2v) is 10.7. The summed E-state index contributed by atoms with van der Waals surface area (Å²) in [5.41, 5.74) is 1.04. The SMILES string of the molecule is COc1ccccc1N1CCN(C(=O)C2CCCN(S(=O)(=O)c3cccs3)C2)CC1. The number of carbonyl (C=O) groups is 1. The van der Waals surface area contributed by atoms with Crippen LogP contribution in [-0.2, 0) is 14.8 Å². The van der Waals surface area contributed by atoms with Crippen LogP contribution >= 0.6 is 11.3 Å². The number of para-hydroxylation sites is 2. The van der Waals surface area contributed by atoms with Gasteiger partial charge in [0, 0.05) is 39.3 Å². The van der Waals surface area contributed by atoms with Crippen molar-refractivity contribution in [3.05, 3.63) is 41.8 Å². The predicted molar refractivity (Wildman–Crippen MR) is 118 cm³/mol. The molecule has 2 aliphatic rings. The molecule has 2 fully saturated rings. The first-order valence-electron chi connectivity index (χ1n) is 10.2. The molecule has 4 rings (SSSR count). The monoisotopic (exact) mass is 449 g/mol. The molecule has 30 heavy (non-hydrogen) atoms. The number of methoxy groups -OCH3 is 1. The van der Waals surface area contributed by atoms with Gasteiger partial charge in [0.1, 0.15) is 9.96 Å². The number of benzene rings is 1. The first kappa shape index (κ1) is 21.1. The van der Waals surface area contributed by atoms with Crippen molar-refractivity contribution < 1.29 is 17.9 Å². The van der Waals surface area contributed by atoms with Gasteiger partial charge in [-0.3, -0.25) is 4.79 Å². The third-order valence-electron chi connectivity index (χ3n) is 5.84. The fourth-order valence-corrected chi connectivity index (χ4v) is 6.89. The first-order chi connectivity index (χ1) is 14.5. The van der Waals surface area contributed by atoms with Crippen LogP contribution in [0.25, 0.3) is 0 Å². The Bertz CT molecular complexity index is 970. The van der Waals surface area contributed by atoms with E-state index in [2.05, 4.69) is 4.90 Å². The topological polar surface area (TPSA) is 70.2 Å². The fourth-order valence-electron chi connectivity index (χ4n) is 4.22. The van der Waals surface area contributed by atoms with Gasteiger partial charge >= 0.3 is 0 Å². The van der Waals surface area contributed by atoms with Gasteiger partial charge in [0.05, 0.1) is 18.7 Å². The minimum Gasteiger partial charge on any atom is -0.495 e. The van der Waals surface area contributed by atoms with Crippen molar-refractivity contribution in [1.82, 2.24) is 9.21 Å². The smallest absolute Gasteiger partial charge is 0.252 e. The van der Waals surface area contributed by atoms with E-state index in [9.17, 15) is 13.2 Å². The Morgan fingerprint density at radius 1 is 1.07 bits per heavy atom. The van der Waals surface area contributed by atoms with Gasteiger partial charge in [0.2, 0.25) is 5.91 Å². The number of nitrogens with zero attached hydrogens (tertiary/aromatic N) is 3. The Labute approximate surface area is 181 Å².